The number of alkyl halides is 3. The topological polar surface area (TPSA) is 17.8 Å². The van der Waals surface area contributed by atoms with Gasteiger partial charge in [-0.1, -0.05) is 11.6 Å². The van der Waals surface area contributed by atoms with Gasteiger partial charge >= 0.3 is 6.18 Å². The highest BCUT2D eigenvalue weighted by Crippen LogP contribution is 2.31. The molecule has 0 N–H and O–H groups in total. The Morgan fingerprint density at radius 3 is 1.95 bits per heavy atom. The molecule has 0 unspecified atom stereocenters. The van der Waals surface area contributed by atoms with Crippen molar-refractivity contribution in [2.45, 2.75) is 6.18 Å². The maximum Gasteiger partial charge on any atom is 0.435 e. The fourth-order valence-corrected chi connectivity index (χ4v) is 1.58. The zero-order chi connectivity index (χ0) is 14.4. The van der Waals surface area contributed by atoms with Crippen LogP contribution in [0.15, 0.2) is 18.2 Å². The summed E-state index contributed by atoms with van der Waals surface area (Å²) in [5, 5.41) is 2.55. The third-order valence-electron chi connectivity index (χ3n) is 2.17. The van der Waals surface area contributed by atoms with Crippen LogP contribution in [0.25, 0.3) is 5.69 Å². The fourth-order valence-electron chi connectivity index (χ4n) is 1.34. The number of rotatable bonds is 1. The summed E-state index contributed by atoms with van der Waals surface area (Å²) in [6.07, 6.45) is -4.76. The lowest BCUT2D eigenvalue weighted by molar-refractivity contribution is -0.141. The van der Waals surface area contributed by atoms with Gasteiger partial charge in [0.15, 0.2) is 23.1 Å². The van der Waals surface area contributed by atoms with Gasteiger partial charge in [-0.3, -0.25) is 0 Å². The molecule has 0 atom stereocenters. The molecule has 19 heavy (non-hydrogen) atoms. The van der Waals surface area contributed by atoms with Crippen molar-refractivity contribution >= 4 is 11.6 Å². The lowest BCUT2D eigenvalue weighted by Gasteiger charge is -2.05. The van der Waals surface area contributed by atoms with Crippen molar-refractivity contribution in [2.75, 3.05) is 0 Å². The highest BCUT2D eigenvalue weighted by Gasteiger charge is 2.35. The summed E-state index contributed by atoms with van der Waals surface area (Å²) >= 11 is 5.49. The van der Waals surface area contributed by atoms with E-state index in [4.69, 9.17) is 11.6 Å². The van der Waals surface area contributed by atoms with E-state index < -0.39 is 40.2 Å². The van der Waals surface area contributed by atoms with Crippen molar-refractivity contribution in [2.24, 2.45) is 0 Å². The second-order valence-corrected chi connectivity index (χ2v) is 3.87. The molecule has 1 aromatic heterocycles. The zero-order valence-corrected chi connectivity index (χ0v) is 9.53. The monoisotopic (exact) mass is 300 g/mol. The minimum Gasteiger partial charge on any atom is -0.221 e. The summed E-state index contributed by atoms with van der Waals surface area (Å²) in [5.41, 5.74) is -1.79. The van der Waals surface area contributed by atoms with Gasteiger partial charge in [-0.15, -0.1) is 0 Å². The summed E-state index contributed by atoms with van der Waals surface area (Å²) in [4.78, 5) is 0. The normalized spacial score (nSPS) is 11.9. The number of halogens is 7. The number of benzene rings is 1. The van der Waals surface area contributed by atoms with Crippen molar-refractivity contribution in [1.82, 2.24) is 9.78 Å². The Morgan fingerprint density at radius 2 is 1.53 bits per heavy atom. The van der Waals surface area contributed by atoms with E-state index in [1.54, 1.807) is 0 Å². The smallest absolute Gasteiger partial charge is 0.221 e. The largest absolute Gasteiger partial charge is 0.435 e. The first-order valence-corrected chi connectivity index (χ1v) is 5.05. The predicted octanol–water partition coefficient (Wildman–Crippen LogP) is 3.96. The van der Waals surface area contributed by atoms with Crippen molar-refractivity contribution in [3.05, 3.63) is 46.5 Å². The van der Waals surface area contributed by atoms with E-state index in [2.05, 4.69) is 5.10 Å². The summed E-state index contributed by atoms with van der Waals surface area (Å²) in [6.45, 7) is 0. The first kappa shape index (κ1) is 13.7. The molecule has 2 nitrogen and oxygen atoms in total. The molecule has 0 fully saturated rings. The standard InChI is InChI=1S/C10H3ClF6N2/c11-8-3-7(10(15,16)17)18-19(8)4-1-5(12)9(14)6(13)2-4/h1-3H. The first-order chi connectivity index (χ1) is 8.70. The van der Waals surface area contributed by atoms with Crippen LogP contribution in [-0.4, -0.2) is 9.78 Å². The summed E-state index contributed by atoms with van der Waals surface area (Å²) in [5.74, 6) is -4.85. The quantitative estimate of drug-likeness (QED) is 0.576. The SMILES string of the molecule is Fc1cc(-n2nc(C(F)(F)F)cc2Cl)cc(F)c1F. The average Bonchev–Trinajstić information content (AvgIpc) is 2.67. The Balaban J connectivity index is 2.57. The molecule has 1 heterocycles. The second-order valence-electron chi connectivity index (χ2n) is 3.49. The molecule has 0 amide bonds. The summed E-state index contributed by atoms with van der Waals surface area (Å²) < 4.78 is 76.3. The third kappa shape index (κ3) is 2.53. The van der Waals surface area contributed by atoms with Crippen molar-refractivity contribution < 1.29 is 26.3 Å². The molecule has 2 rings (SSSR count). The molecule has 0 aliphatic heterocycles. The van der Waals surface area contributed by atoms with Gasteiger partial charge in [0, 0.05) is 18.2 Å². The average molecular weight is 301 g/mol. The number of hydrogen-bond donors (Lipinski definition) is 0. The Labute approximate surface area is 107 Å². The number of nitrogens with zero attached hydrogens (tertiary/aromatic N) is 2. The van der Waals surface area contributed by atoms with Crippen LogP contribution in [-0.2, 0) is 6.18 Å². The molecule has 0 saturated heterocycles. The van der Waals surface area contributed by atoms with Gasteiger partial charge in [0.25, 0.3) is 0 Å². The maximum absolute atomic E-state index is 13.0. The van der Waals surface area contributed by atoms with E-state index in [0.29, 0.717) is 22.9 Å². The molecule has 0 radical (unpaired) electrons. The van der Waals surface area contributed by atoms with Crippen LogP contribution in [0.4, 0.5) is 26.3 Å². The van der Waals surface area contributed by atoms with Crippen LogP contribution < -0.4 is 0 Å². The van der Waals surface area contributed by atoms with Crippen LogP contribution >= 0.6 is 11.6 Å². The minimum atomic E-state index is -4.76. The lowest BCUT2D eigenvalue weighted by atomic mass is 10.3. The lowest BCUT2D eigenvalue weighted by Crippen LogP contribution is -2.08. The second kappa shape index (κ2) is 4.44. The third-order valence-corrected chi connectivity index (χ3v) is 2.44. The Kier molecular flexibility index (Phi) is 3.21. The van der Waals surface area contributed by atoms with E-state index in [-0.39, 0.29) is 0 Å². The fraction of sp³-hybridized carbons (Fsp3) is 0.100. The van der Waals surface area contributed by atoms with E-state index >= 15 is 0 Å². The molecule has 9 heteroatoms. The zero-order valence-electron chi connectivity index (χ0n) is 8.77. The van der Waals surface area contributed by atoms with Gasteiger partial charge in [-0.05, 0) is 0 Å². The molecular formula is C10H3ClF6N2. The Morgan fingerprint density at radius 1 is 1.00 bits per heavy atom. The Bertz CT molecular complexity index is 610. The van der Waals surface area contributed by atoms with Gasteiger partial charge in [-0.25, -0.2) is 17.9 Å². The van der Waals surface area contributed by atoms with Crippen LogP contribution in [0.1, 0.15) is 5.69 Å². The predicted molar refractivity (Wildman–Crippen MR) is 53.5 cm³/mol. The molecule has 1 aromatic carbocycles. The Hall–Kier alpha value is -1.70. The van der Waals surface area contributed by atoms with Gasteiger partial charge < -0.3 is 0 Å². The molecular weight excluding hydrogens is 298 g/mol. The maximum atomic E-state index is 13.0. The van der Waals surface area contributed by atoms with Gasteiger partial charge in [0.1, 0.15) is 5.15 Å². The molecule has 0 spiro atoms. The highest BCUT2D eigenvalue weighted by molar-refractivity contribution is 6.29. The minimum absolute atomic E-state index is 0.454. The molecule has 0 aliphatic carbocycles. The van der Waals surface area contributed by atoms with Gasteiger partial charge in [0.2, 0.25) is 0 Å². The summed E-state index contributed by atoms with van der Waals surface area (Å²) in [7, 11) is 0. The van der Waals surface area contributed by atoms with Gasteiger partial charge in [-0.2, -0.15) is 18.3 Å². The molecule has 2 aromatic rings. The molecule has 0 aliphatic rings. The van der Waals surface area contributed by atoms with Crippen LogP contribution in [0.2, 0.25) is 5.15 Å². The first-order valence-electron chi connectivity index (χ1n) is 4.68. The summed E-state index contributed by atoms with van der Waals surface area (Å²) in [6, 6.07) is 1.45. The molecule has 0 bridgehead atoms. The van der Waals surface area contributed by atoms with E-state index in [0.717, 1.165) is 0 Å². The number of aromatic nitrogens is 2. The van der Waals surface area contributed by atoms with E-state index in [1.807, 2.05) is 0 Å². The highest BCUT2D eigenvalue weighted by atomic mass is 35.5. The van der Waals surface area contributed by atoms with Crippen molar-refractivity contribution in [3.8, 4) is 5.69 Å². The number of hydrogen-bond acceptors (Lipinski definition) is 1. The van der Waals surface area contributed by atoms with E-state index in [9.17, 15) is 26.3 Å². The molecule has 0 saturated carbocycles. The van der Waals surface area contributed by atoms with Crippen LogP contribution in [0.5, 0.6) is 0 Å². The van der Waals surface area contributed by atoms with Crippen LogP contribution in [0.3, 0.4) is 0 Å². The van der Waals surface area contributed by atoms with Crippen LogP contribution in [0, 0.1) is 17.5 Å². The van der Waals surface area contributed by atoms with Crippen molar-refractivity contribution in [3.63, 3.8) is 0 Å². The molecule has 102 valence electrons. The van der Waals surface area contributed by atoms with E-state index in [1.165, 1.54) is 0 Å². The van der Waals surface area contributed by atoms with Gasteiger partial charge in [0.05, 0.1) is 5.69 Å². The van der Waals surface area contributed by atoms with Crippen molar-refractivity contribution in [1.29, 1.82) is 0 Å².